The van der Waals surface area contributed by atoms with Crippen LogP contribution in [0.4, 0.5) is 5.69 Å². The van der Waals surface area contributed by atoms with E-state index in [-0.39, 0.29) is 17.7 Å². The first-order valence-corrected chi connectivity index (χ1v) is 7.24. The minimum atomic E-state index is -0.230. The molecule has 0 spiro atoms. The third kappa shape index (κ3) is 3.58. The van der Waals surface area contributed by atoms with Crippen LogP contribution in [0.2, 0.25) is 0 Å². The Kier molecular flexibility index (Phi) is 5.28. The third-order valence-corrected chi connectivity index (χ3v) is 3.55. The Hall–Kier alpha value is -3.19. The van der Waals surface area contributed by atoms with E-state index in [4.69, 9.17) is 32.4 Å². The first-order chi connectivity index (χ1) is 11.5. The summed E-state index contributed by atoms with van der Waals surface area (Å²) in [4.78, 5) is 0. The van der Waals surface area contributed by atoms with Gasteiger partial charge in [0.2, 0.25) is 5.90 Å². The lowest BCUT2D eigenvalue weighted by atomic mass is 9.91. The molecule has 0 aromatic heterocycles. The first kappa shape index (κ1) is 17.2. The van der Waals surface area contributed by atoms with Gasteiger partial charge in [0.05, 0.1) is 5.71 Å². The summed E-state index contributed by atoms with van der Waals surface area (Å²) in [6.07, 6.45) is 7.90. The molecule has 7 heteroatoms. The predicted octanol–water partition coefficient (Wildman–Crippen LogP) is 1.51. The second kappa shape index (κ2) is 7.38. The number of nitrogens with two attached hydrogens (primary N) is 2. The Morgan fingerprint density at radius 1 is 1.33 bits per heavy atom. The Bertz CT molecular complexity index is 775. The normalized spacial score (nSPS) is 18.0. The van der Waals surface area contributed by atoms with Crippen molar-refractivity contribution in [1.82, 2.24) is 5.32 Å². The molecule has 0 radical (unpaired) electrons. The summed E-state index contributed by atoms with van der Waals surface area (Å²) in [5.74, 6) is -0.176. The maximum absolute atomic E-state index is 8.45. The first-order valence-electron chi connectivity index (χ1n) is 7.24. The number of hydrogen-bond acceptors (Lipinski definition) is 7. The molecule has 124 valence electrons. The number of nitrogens with one attached hydrogen (secondary N) is 4. The molecule has 1 unspecified atom stereocenters. The molecular weight excluding hydrogens is 304 g/mol. The molecule has 7 nitrogen and oxygen atoms in total. The van der Waals surface area contributed by atoms with Crippen molar-refractivity contribution < 1.29 is 4.74 Å². The number of hydrogen-bond donors (Lipinski definition) is 6. The van der Waals surface area contributed by atoms with Gasteiger partial charge in [0.25, 0.3) is 0 Å². The maximum atomic E-state index is 8.45. The lowest BCUT2D eigenvalue weighted by Gasteiger charge is -2.17. The van der Waals surface area contributed by atoms with E-state index in [1.807, 2.05) is 12.2 Å². The molecule has 1 aromatic carbocycles. The molecule has 0 saturated carbocycles. The quantitative estimate of drug-likeness (QED) is 0.277. The fraction of sp³-hybridized carbons (Fsp3) is 0.118. The molecule has 2 rings (SSSR count). The van der Waals surface area contributed by atoms with Crippen LogP contribution >= 0.6 is 0 Å². The SMILES string of the molecule is CN/C=C1/C=C(C(=N)c2cc(C(=N)OC=N)ccc2N)C=CC1N. The number of rotatable bonds is 5. The van der Waals surface area contributed by atoms with E-state index in [9.17, 15) is 0 Å². The van der Waals surface area contributed by atoms with E-state index in [1.165, 1.54) is 0 Å². The van der Waals surface area contributed by atoms with Crippen molar-refractivity contribution in [2.45, 2.75) is 6.04 Å². The van der Waals surface area contributed by atoms with Crippen LogP contribution < -0.4 is 16.8 Å². The van der Waals surface area contributed by atoms with Crippen molar-refractivity contribution in [3.8, 4) is 0 Å². The van der Waals surface area contributed by atoms with Gasteiger partial charge in [0.1, 0.15) is 0 Å². The summed E-state index contributed by atoms with van der Waals surface area (Å²) >= 11 is 0. The Morgan fingerprint density at radius 3 is 2.75 bits per heavy atom. The summed E-state index contributed by atoms with van der Waals surface area (Å²) in [5.41, 5.74) is 15.1. The molecule has 1 aliphatic rings. The Morgan fingerprint density at radius 2 is 2.08 bits per heavy atom. The smallest absolute Gasteiger partial charge is 0.220 e. The average Bonchev–Trinajstić information content (AvgIpc) is 2.57. The van der Waals surface area contributed by atoms with Crippen molar-refractivity contribution in [2.75, 3.05) is 12.8 Å². The standard InChI is InChI=1S/C17H20N6O/c1-23-8-12-6-10(2-4-14(12)19)16(21)13-7-11(3-5-15(13)20)17(22)24-9-18/h2-9,14,18,21-23H,19-20H2,1H3/b12-8-,18-9?,21-16?,22-17?. The molecule has 1 aromatic rings. The van der Waals surface area contributed by atoms with E-state index in [0.29, 0.717) is 28.8 Å². The summed E-state index contributed by atoms with van der Waals surface area (Å²) in [6.45, 7) is 0. The Balaban J connectivity index is 2.39. The summed E-state index contributed by atoms with van der Waals surface area (Å²) < 4.78 is 4.76. The van der Waals surface area contributed by atoms with Gasteiger partial charge in [-0.25, -0.2) is 0 Å². The topological polar surface area (TPSA) is 145 Å². The average molecular weight is 324 g/mol. The van der Waals surface area contributed by atoms with Crippen LogP contribution in [0.15, 0.2) is 53.8 Å². The van der Waals surface area contributed by atoms with Crippen molar-refractivity contribution in [3.05, 3.63) is 64.9 Å². The highest BCUT2D eigenvalue weighted by atomic mass is 16.5. The van der Waals surface area contributed by atoms with Gasteiger partial charge in [0, 0.05) is 41.7 Å². The molecule has 0 aliphatic heterocycles. The fourth-order valence-electron chi connectivity index (χ4n) is 2.30. The van der Waals surface area contributed by atoms with Gasteiger partial charge in [-0.1, -0.05) is 12.2 Å². The summed E-state index contributed by atoms with van der Waals surface area (Å²) in [5, 5.41) is 26.0. The number of benzene rings is 1. The van der Waals surface area contributed by atoms with Crippen LogP contribution in [-0.2, 0) is 4.74 Å². The van der Waals surface area contributed by atoms with Crippen LogP contribution in [0.5, 0.6) is 0 Å². The molecule has 0 fully saturated rings. The van der Waals surface area contributed by atoms with Gasteiger partial charge < -0.3 is 21.5 Å². The number of anilines is 1. The van der Waals surface area contributed by atoms with Crippen molar-refractivity contribution >= 4 is 23.7 Å². The lowest BCUT2D eigenvalue weighted by Crippen LogP contribution is -2.23. The molecule has 1 aliphatic carbocycles. The van der Waals surface area contributed by atoms with Gasteiger partial charge in [-0.15, -0.1) is 0 Å². The number of nitrogen functional groups attached to an aromatic ring is 1. The minimum absolute atomic E-state index is 0.176. The molecule has 0 saturated heterocycles. The van der Waals surface area contributed by atoms with Gasteiger partial charge in [-0.3, -0.25) is 16.2 Å². The highest BCUT2D eigenvalue weighted by Crippen LogP contribution is 2.23. The van der Waals surface area contributed by atoms with E-state index in [2.05, 4.69) is 5.32 Å². The molecule has 0 bridgehead atoms. The number of allylic oxidation sites excluding steroid dienone is 2. The van der Waals surface area contributed by atoms with Gasteiger partial charge in [-0.2, -0.15) is 0 Å². The van der Waals surface area contributed by atoms with E-state index >= 15 is 0 Å². The monoisotopic (exact) mass is 324 g/mol. The second-order valence-electron chi connectivity index (χ2n) is 5.16. The van der Waals surface area contributed by atoms with Gasteiger partial charge in [-0.05, 0) is 29.8 Å². The van der Waals surface area contributed by atoms with E-state index in [0.717, 1.165) is 5.57 Å². The molecular formula is C17H20N6O. The fourth-order valence-corrected chi connectivity index (χ4v) is 2.30. The maximum Gasteiger partial charge on any atom is 0.220 e. The zero-order valence-corrected chi connectivity index (χ0v) is 13.3. The van der Waals surface area contributed by atoms with Crippen LogP contribution in [-0.4, -0.2) is 31.1 Å². The van der Waals surface area contributed by atoms with Crippen molar-refractivity contribution in [2.24, 2.45) is 5.73 Å². The molecule has 0 amide bonds. The third-order valence-electron chi connectivity index (χ3n) is 3.55. The minimum Gasteiger partial charge on any atom is -0.428 e. The van der Waals surface area contributed by atoms with Crippen molar-refractivity contribution in [1.29, 1.82) is 16.2 Å². The molecule has 24 heavy (non-hydrogen) atoms. The zero-order chi connectivity index (χ0) is 17.7. The van der Waals surface area contributed by atoms with Crippen LogP contribution in [0.3, 0.4) is 0 Å². The second-order valence-corrected chi connectivity index (χ2v) is 5.16. The van der Waals surface area contributed by atoms with Gasteiger partial charge >= 0.3 is 0 Å². The Labute approximate surface area is 140 Å². The molecule has 1 atom stereocenters. The number of ether oxygens (including phenoxy) is 1. The highest BCUT2D eigenvalue weighted by Gasteiger charge is 2.17. The highest BCUT2D eigenvalue weighted by molar-refractivity contribution is 6.16. The van der Waals surface area contributed by atoms with Gasteiger partial charge in [0.15, 0.2) is 6.40 Å². The van der Waals surface area contributed by atoms with Crippen LogP contribution in [0.25, 0.3) is 0 Å². The lowest BCUT2D eigenvalue weighted by molar-refractivity contribution is 0.561. The molecule has 0 heterocycles. The largest absolute Gasteiger partial charge is 0.428 e. The molecule has 8 N–H and O–H groups in total. The van der Waals surface area contributed by atoms with Crippen molar-refractivity contribution in [3.63, 3.8) is 0 Å². The van der Waals surface area contributed by atoms with E-state index < -0.39 is 0 Å². The predicted molar refractivity (Wildman–Crippen MR) is 96.7 cm³/mol. The summed E-state index contributed by atoms with van der Waals surface area (Å²) in [7, 11) is 1.78. The zero-order valence-electron chi connectivity index (χ0n) is 13.3. The van der Waals surface area contributed by atoms with Crippen LogP contribution in [0.1, 0.15) is 11.1 Å². The van der Waals surface area contributed by atoms with E-state index in [1.54, 1.807) is 37.5 Å². The summed E-state index contributed by atoms with van der Waals surface area (Å²) in [6, 6.07) is 4.61. The van der Waals surface area contributed by atoms with Crippen LogP contribution in [0, 0.1) is 16.2 Å².